The fraction of sp³-hybridized carbons (Fsp3) is 0.0256. The van der Waals surface area contributed by atoms with Crippen molar-refractivity contribution in [3.63, 3.8) is 0 Å². The van der Waals surface area contributed by atoms with Crippen LogP contribution in [0.1, 0.15) is 5.56 Å². The van der Waals surface area contributed by atoms with Crippen LogP contribution in [0.5, 0.6) is 0 Å². The van der Waals surface area contributed by atoms with Crippen LogP contribution in [0.25, 0.3) is 52.8 Å². The quantitative estimate of drug-likeness (QED) is 0.214. The van der Waals surface area contributed by atoms with Crippen molar-refractivity contribution in [1.29, 1.82) is 0 Å². The van der Waals surface area contributed by atoms with Gasteiger partial charge in [0.05, 0.1) is 11.4 Å². The summed E-state index contributed by atoms with van der Waals surface area (Å²) in [6.07, 6.45) is 0. The van der Waals surface area contributed by atoms with Gasteiger partial charge in [0.15, 0.2) is 0 Å². The molecule has 1 aromatic heterocycles. The summed E-state index contributed by atoms with van der Waals surface area (Å²) in [4.78, 5) is 2.47. The van der Waals surface area contributed by atoms with Crippen molar-refractivity contribution in [2.45, 2.75) is 6.92 Å². The molecular weight excluding hydrogens is 515 g/mol. The van der Waals surface area contributed by atoms with Crippen LogP contribution in [-0.2, 0) is 0 Å². The predicted molar refractivity (Wildman–Crippen MR) is 179 cm³/mol. The summed E-state index contributed by atoms with van der Waals surface area (Å²) in [5, 5.41) is 7.58. The molecule has 0 fully saturated rings. The van der Waals surface area contributed by atoms with Crippen LogP contribution in [-0.4, -0.2) is 0 Å². The lowest BCUT2D eigenvalue weighted by Gasteiger charge is -2.29. The first-order valence-corrected chi connectivity index (χ1v) is 14.8. The summed E-state index contributed by atoms with van der Waals surface area (Å²) in [7, 11) is 0. The summed E-state index contributed by atoms with van der Waals surface area (Å²) >= 11 is 1.86. The minimum atomic E-state index is 1.15. The number of nitrogens with zero attached hydrogens (tertiary/aromatic N) is 1. The first kappa shape index (κ1) is 23.9. The van der Waals surface area contributed by atoms with Gasteiger partial charge in [-0.25, -0.2) is 0 Å². The van der Waals surface area contributed by atoms with Gasteiger partial charge in [-0.1, -0.05) is 109 Å². The molecule has 1 heterocycles. The molecule has 0 atom stereocenters. The van der Waals surface area contributed by atoms with E-state index in [1.165, 1.54) is 69.8 Å². The zero-order chi connectivity index (χ0) is 27.3. The number of rotatable bonds is 4. The summed E-state index contributed by atoms with van der Waals surface area (Å²) in [5.41, 5.74) is 7.23. The Hall–Kier alpha value is -4.92. The molecule has 1 nitrogen and oxygen atoms in total. The van der Waals surface area contributed by atoms with Crippen LogP contribution >= 0.6 is 11.3 Å². The number of anilines is 3. The molecule has 194 valence electrons. The Labute approximate surface area is 243 Å². The van der Waals surface area contributed by atoms with E-state index in [4.69, 9.17) is 0 Å². The summed E-state index contributed by atoms with van der Waals surface area (Å²) in [6.45, 7) is 2.15. The van der Waals surface area contributed by atoms with Crippen molar-refractivity contribution in [3.8, 4) is 11.1 Å². The first-order valence-electron chi connectivity index (χ1n) is 14.0. The van der Waals surface area contributed by atoms with Crippen molar-refractivity contribution >= 4 is 70.1 Å². The van der Waals surface area contributed by atoms with E-state index in [-0.39, 0.29) is 0 Å². The maximum absolute atomic E-state index is 2.47. The first-order chi connectivity index (χ1) is 20.2. The van der Waals surface area contributed by atoms with E-state index >= 15 is 0 Å². The van der Waals surface area contributed by atoms with Gasteiger partial charge >= 0.3 is 0 Å². The maximum Gasteiger partial charge on any atom is 0.0555 e. The molecule has 8 rings (SSSR count). The van der Waals surface area contributed by atoms with Crippen LogP contribution in [0.3, 0.4) is 0 Å². The lowest BCUT2D eigenvalue weighted by molar-refractivity contribution is 1.30. The third-order valence-electron chi connectivity index (χ3n) is 8.10. The lowest BCUT2D eigenvalue weighted by Crippen LogP contribution is -2.12. The van der Waals surface area contributed by atoms with Crippen LogP contribution in [0.4, 0.5) is 17.1 Å². The molecule has 41 heavy (non-hydrogen) atoms. The largest absolute Gasteiger partial charge is 0.309 e. The molecule has 0 saturated carbocycles. The molecule has 7 aromatic carbocycles. The highest BCUT2D eigenvalue weighted by Gasteiger charge is 2.22. The monoisotopic (exact) mass is 541 g/mol. The number of hydrogen-bond donors (Lipinski definition) is 0. The van der Waals surface area contributed by atoms with Gasteiger partial charge in [-0.15, -0.1) is 11.3 Å². The van der Waals surface area contributed by atoms with Gasteiger partial charge in [-0.2, -0.15) is 0 Å². The highest BCUT2D eigenvalue weighted by molar-refractivity contribution is 7.26. The second-order valence-corrected chi connectivity index (χ2v) is 11.7. The van der Waals surface area contributed by atoms with Crippen molar-refractivity contribution in [1.82, 2.24) is 0 Å². The molecule has 0 aliphatic carbocycles. The van der Waals surface area contributed by atoms with Crippen LogP contribution in [0, 0.1) is 6.92 Å². The highest BCUT2D eigenvalue weighted by atomic mass is 32.1. The van der Waals surface area contributed by atoms with Crippen LogP contribution in [0.15, 0.2) is 146 Å². The van der Waals surface area contributed by atoms with Crippen molar-refractivity contribution in [2.24, 2.45) is 0 Å². The zero-order valence-corrected chi connectivity index (χ0v) is 23.5. The second-order valence-electron chi connectivity index (χ2n) is 10.7. The minimum Gasteiger partial charge on any atom is -0.309 e. The number of fused-ring (bicyclic) bond motifs is 5. The van der Waals surface area contributed by atoms with E-state index in [1.807, 2.05) is 11.3 Å². The fourth-order valence-corrected chi connectivity index (χ4v) is 7.27. The highest BCUT2D eigenvalue weighted by Crippen LogP contribution is 2.48. The van der Waals surface area contributed by atoms with Gasteiger partial charge in [0, 0.05) is 31.4 Å². The predicted octanol–water partition coefficient (Wildman–Crippen LogP) is 11.8. The standard InChI is InChI=1S/C39H27NS/c1-26-17-22-31(23-18-26)40(34-14-8-16-37-39(34)33-13-6-7-15-36(33)41-37)35-24-21-28-10-4-5-12-32(28)38(35)30-20-19-27-9-2-3-11-29(27)25-30/h2-25H,1H3. The average molecular weight is 542 g/mol. The number of thiophene rings is 1. The van der Waals surface area contributed by atoms with Crippen molar-refractivity contribution < 1.29 is 0 Å². The topological polar surface area (TPSA) is 3.24 Å². The normalized spacial score (nSPS) is 11.5. The van der Waals surface area contributed by atoms with Gasteiger partial charge < -0.3 is 4.90 Å². The Morgan fingerprint density at radius 2 is 1.17 bits per heavy atom. The Bertz CT molecular complexity index is 2220. The summed E-state index contributed by atoms with van der Waals surface area (Å²) in [6, 6.07) is 53.3. The molecule has 0 saturated heterocycles. The van der Waals surface area contributed by atoms with Crippen LogP contribution < -0.4 is 4.90 Å². The fourth-order valence-electron chi connectivity index (χ4n) is 6.14. The van der Waals surface area contributed by atoms with E-state index in [9.17, 15) is 0 Å². The van der Waals surface area contributed by atoms with E-state index in [1.54, 1.807) is 0 Å². The van der Waals surface area contributed by atoms with Crippen molar-refractivity contribution in [2.75, 3.05) is 4.90 Å². The molecule has 0 spiro atoms. The Morgan fingerprint density at radius 1 is 0.488 bits per heavy atom. The summed E-state index contributed by atoms with van der Waals surface area (Å²) in [5.74, 6) is 0. The summed E-state index contributed by atoms with van der Waals surface area (Å²) < 4.78 is 2.61. The van der Waals surface area contributed by atoms with E-state index in [0.29, 0.717) is 0 Å². The number of hydrogen-bond acceptors (Lipinski definition) is 2. The molecule has 0 N–H and O–H groups in total. The third kappa shape index (κ3) is 3.99. The van der Waals surface area contributed by atoms with Gasteiger partial charge in [-0.3, -0.25) is 0 Å². The number of aryl methyl sites for hydroxylation is 1. The SMILES string of the molecule is Cc1ccc(N(c2ccc3ccccc3c2-c2ccc3ccccc3c2)c2cccc3sc4ccccc4c23)cc1. The molecular formula is C39H27NS. The van der Waals surface area contributed by atoms with E-state index in [2.05, 4.69) is 157 Å². The average Bonchev–Trinajstić information content (AvgIpc) is 3.41. The van der Waals surface area contributed by atoms with E-state index < -0.39 is 0 Å². The third-order valence-corrected chi connectivity index (χ3v) is 9.24. The Kier molecular flexibility index (Phi) is 5.61. The molecule has 0 aliphatic rings. The molecule has 0 unspecified atom stereocenters. The second kappa shape index (κ2) is 9.62. The maximum atomic E-state index is 2.47. The van der Waals surface area contributed by atoms with Crippen molar-refractivity contribution in [3.05, 3.63) is 151 Å². The molecule has 8 aromatic rings. The Balaban J connectivity index is 1.49. The van der Waals surface area contributed by atoms with Gasteiger partial charge in [0.2, 0.25) is 0 Å². The minimum absolute atomic E-state index is 1.15. The molecule has 0 aliphatic heterocycles. The number of benzene rings is 7. The zero-order valence-electron chi connectivity index (χ0n) is 22.7. The van der Waals surface area contributed by atoms with Gasteiger partial charge in [0.1, 0.15) is 0 Å². The molecule has 0 radical (unpaired) electrons. The molecule has 0 bridgehead atoms. The Morgan fingerprint density at radius 3 is 2.02 bits per heavy atom. The smallest absolute Gasteiger partial charge is 0.0555 e. The molecule has 0 amide bonds. The van der Waals surface area contributed by atoms with E-state index in [0.717, 1.165) is 5.69 Å². The lowest BCUT2D eigenvalue weighted by atomic mass is 9.93. The van der Waals surface area contributed by atoms with Gasteiger partial charge in [0.25, 0.3) is 0 Å². The molecule has 2 heteroatoms. The van der Waals surface area contributed by atoms with Crippen LogP contribution in [0.2, 0.25) is 0 Å². The van der Waals surface area contributed by atoms with Gasteiger partial charge in [-0.05, 0) is 76.5 Å².